The van der Waals surface area contributed by atoms with Crippen molar-refractivity contribution in [1.29, 1.82) is 0 Å². The van der Waals surface area contributed by atoms with Gasteiger partial charge in [0.05, 0.1) is 36.4 Å². The molecule has 11 heteroatoms. The number of nitro groups is 1. The molecule has 11 nitrogen and oxygen atoms in total. The van der Waals surface area contributed by atoms with Crippen molar-refractivity contribution in [3.05, 3.63) is 87.0 Å². The molecule has 3 fully saturated rings. The molecular weight excluding hydrogens is 654 g/mol. The van der Waals surface area contributed by atoms with Crippen LogP contribution in [0.5, 0.6) is 0 Å². The van der Waals surface area contributed by atoms with Crippen molar-refractivity contribution in [3.63, 3.8) is 0 Å². The maximum Gasteiger partial charge on any atom is 0.316 e. The van der Waals surface area contributed by atoms with Gasteiger partial charge in [-0.3, -0.25) is 14.9 Å². The first-order valence-electron chi connectivity index (χ1n) is 18.5. The molecule has 3 saturated heterocycles. The third kappa shape index (κ3) is 7.65. The number of rotatable bonds is 6. The molecule has 5 aliphatic rings. The first-order valence-corrected chi connectivity index (χ1v) is 18.5. The van der Waals surface area contributed by atoms with Crippen LogP contribution in [-0.2, 0) is 34.9 Å². The zero-order valence-corrected chi connectivity index (χ0v) is 30.4. The maximum atomic E-state index is 14.1. The normalized spacial score (nSPS) is 41.4. The van der Waals surface area contributed by atoms with Gasteiger partial charge in [0.15, 0.2) is 5.79 Å². The summed E-state index contributed by atoms with van der Waals surface area (Å²) < 4.78 is 32.3. The van der Waals surface area contributed by atoms with Gasteiger partial charge in [0, 0.05) is 43.2 Å². The Labute approximate surface area is 300 Å². The standard InChI is InChI=1S/C40H53NO10/c1-6-34-24(2)16-18-39(51-34)22-31-21-30(50-39)15-14-26(4)36(47-19-17-28-11-7-8-13-33(28)41(45)46)25(3)10-9-12-29-23-48-37-35(42)27(5)20-32(38(43)49-31)40(29,37)44/h7-14,20,24-25,30-32,34-37,42,44H,6,15-19,21-23H2,1-5H3/b10-9+,26-14+,29-12+/t24-,25-,30+,31-,32-,34+,35+,36+,37+,39+,40+/m0/s1. The maximum absolute atomic E-state index is 14.1. The third-order valence-corrected chi connectivity index (χ3v) is 11.6. The second-order valence-corrected chi connectivity index (χ2v) is 15.2. The number of hydrogen-bond donors (Lipinski definition) is 2. The summed E-state index contributed by atoms with van der Waals surface area (Å²) in [7, 11) is 0. The van der Waals surface area contributed by atoms with Crippen LogP contribution in [0.4, 0.5) is 5.69 Å². The summed E-state index contributed by atoms with van der Waals surface area (Å²) in [6, 6.07) is 6.70. The summed E-state index contributed by atoms with van der Waals surface area (Å²) in [5.41, 5.74) is 0.880. The minimum absolute atomic E-state index is 0.0186. The number of aliphatic hydroxyl groups is 2. The molecular formula is C40H53NO10. The number of nitro benzene ring substituents is 1. The fourth-order valence-electron chi connectivity index (χ4n) is 8.65. The van der Waals surface area contributed by atoms with Gasteiger partial charge in [-0.1, -0.05) is 69.4 Å². The Morgan fingerprint density at radius 2 is 1.90 bits per heavy atom. The summed E-state index contributed by atoms with van der Waals surface area (Å²) in [5, 5.41) is 35.0. The Morgan fingerprint density at radius 3 is 2.67 bits per heavy atom. The highest BCUT2D eigenvalue weighted by Crippen LogP contribution is 2.47. The molecule has 1 spiro atoms. The Bertz CT molecular complexity index is 1580. The number of benzene rings is 1. The van der Waals surface area contributed by atoms with Crippen LogP contribution in [-0.4, -0.2) is 82.3 Å². The van der Waals surface area contributed by atoms with Crippen LogP contribution in [0.15, 0.2) is 71.4 Å². The van der Waals surface area contributed by atoms with E-state index < -0.39 is 41.6 Å². The van der Waals surface area contributed by atoms with Gasteiger partial charge in [0.25, 0.3) is 5.69 Å². The molecule has 2 N–H and O–H groups in total. The Kier molecular flexibility index (Phi) is 11.4. The van der Waals surface area contributed by atoms with Gasteiger partial charge < -0.3 is 33.9 Å². The first kappa shape index (κ1) is 37.6. The minimum Gasteiger partial charge on any atom is -0.462 e. The van der Waals surface area contributed by atoms with E-state index >= 15 is 0 Å². The topological polar surface area (TPSA) is 147 Å². The lowest BCUT2D eigenvalue weighted by atomic mass is 9.71. The molecule has 1 aromatic rings. The van der Waals surface area contributed by atoms with E-state index in [1.54, 1.807) is 37.3 Å². The second-order valence-electron chi connectivity index (χ2n) is 15.2. The number of carbonyl (C=O) groups excluding carboxylic acids is 1. The van der Waals surface area contributed by atoms with Gasteiger partial charge >= 0.3 is 5.97 Å². The van der Waals surface area contributed by atoms with Crippen LogP contribution in [0.2, 0.25) is 0 Å². The molecule has 0 saturated carbocycles. The van der Waals surface area contributed by atoms with Crippen molar-refractivity contribution in [2.24, 2.45) is 17.8 Å². The smallest absolute Gasteiger partial charge is 0.316 e. The Morgan fingerprint density at radius 1 is 1.12 bits per heavy atom. The number of hydrogen-bond acceptors (Lipinski definition) is 10. The molecule has 0 amide bonds. The van der Waals surface area contributed by atoms with Crippen molar-refractivity contribution in [2.75, 3.05) is 13.2 Å². The number of carbonyl (C=O) groups is 1. The van der Waals surface area contributed by atoms with Gasteiger partial charge in [-0.15, -0.1) is 0 Å². The van der Waals surface area contributed by atoms with Crippen LogP contribution in [0.3, 0.4) is 0 Å². The number of fused-ring (bicyclic) bond motifs is 2. The molecule has 4 aliphatic heterocycles. The summed E-state index contributed by atoms with van der Waals surface area (Å²) in [6.45, 7) is 10.4. The van der Waals surface area contributed by atoms with Crippen LogP contribution < -0.4 is 0 Å². The molecule has 11 atom stereocenters. The van der Waals surface area contributed by atoms with Crippen molar-refractivity contribution < 1.29 is 43.6 Å². The first-order chi connectivity index (χ1) is 24.3. The molecule has 1 aromatic carbocycles. The van der Waals surface area contributed by atoms with E-state index in [0.717, 1.165) is 18.4 Å². The molecule has 4 heterocycles. The number of ether oxygens (including phenoxy) is 5. The number of esters is 1. The zero-order valence-electron chi connectivity index (χ0n) is 30.4. The molecule has 6 rings (SSSR count). The average molecular weight is 708 g/mol. The van der Waals surface area contributed by atoms with Crippen molar-refractivity contribution in [1.82, 2.24) is 0 Å². The van der Waals surface area contributed by atoms with Gasteiger partial charge in [0.1, 0.15) is 29.8 Å². The van der Waals surface area contributed by atoms with E-state index in [4.69, 9.17) is 23.7 Å². The van der Waals surface area contributed by atoms with Gasteiger partial charge in [0.2, 0.25) is 0 Å². The second kappa shape index (κ2) is 15.4. The SMILES string of the molecule is CC[C@H]1O[C@]2(CC[C@@H]1C)C[C@@H]1C[C@@H](C/C=C(\C)[C@H](OCCc3ccccc3[N+](=O)[O-])[C@@H](C)/C=C/C=C3\CO[C@@H]4[C@H](O)C(C)=C[C@@H](C(=O)O1)[C@]34O)O2. The molecule has 0 unspecified atom stereocenters. The largest absolute Gasteiger partial charge is 0.462 e. The van der Waals surface area contributed by atoms with Gasteiger partial charge in [-0.2, -0.15) is 0 Å². The van der Waals surface area contributed by atoms with Crippen molar-refractivity contribution in [3.8, 4) is 0 Å². The van der Waals surface area contributed by atoms with E-state index in [-0.39, 0.29) is 48.1 Å². The summed E-state index contributed by atoms with van der Waals surface area (Å²) in [6.07, 6.45) is 10.2. The lowest BCUT2D eigenvalue weighted by Gasteiger charge is -2.50. The Balaban J connectivity index is 1.34. The van der Waals surface area contributed by atoms with Crippen LogP contribution >= 0.6 is 0 Å². The highest BCUT2D eigenvalue weighted by atomic mass is 16.7. The lowest BCUT2D eigenvalue weighted by molar-refractivity contribution is -0.385. The monoisotopic (exact) mass is 707 g/mol. The van der Waals surface area contributed by atoms with Gasteiger partial charge in [-0.05, 0) is 55.7 Å². The van der Waals surface area contributed by atoms with E-state index in [0.29, 0.717) is 54.7 Å². The highest BCUT2D eigenvalue weighted by Gasteiger charge is 2.60. The number of allylic oxidation sites excluding steroid dienone is 2. The molecule has 1 aliphatic carbocycles. The van der Waals surface area contributed by atoms with E-state index in [1.165, 1.54) is 6.07 Å². The fraction of sp³-hybridized carbons (Fsp3) is 0.625. The highest BCUT2D eigenvalue weighted by molar-refractivity contribution is 5.78. The summed E-state index contributed by atoms with van der Waals surface area (Å²) >= 11 is 0. The van der Waals surface area contributed by atoms with Crippen LogP contribution in [0, 0.1) is 27.9 Å². The minimum atomic E-state index is -1.80. The molecule has 51 heavy (non-hydrogen) atoms. The van der Waals surface area contributed by atoms with E-state index in [2.05, 4.69) is 19.9 Å². The fourth-order valence-corrected chi connectivity index (χ4v) is 8.65. The quantitative estimate of drug-likeness (QED) is 0.155. The van der Waals surface area contributed by atoms with E-state index in [1.807, 2.05) is 26.0 Å². The molecule has 278 valence electrons. The third-order valence-electron chi connectivity index (χ3n) is 11.6. The lowest BCUT2D eigenvalue weighted by Crippen LogP contribution is -2.58. The molecule has 0 radical (unpaired) electrons. The Hall–Kier alpha value is -3.19. The zero-order chi connectivity index (χ0) is 36.5. The van der Waals surface area contributed by atoms with Crippen LogP contribution in [0.25, 0.3) is 0 Å². The molecule has 2 bridgehead atoms. The van der Waals surface area contributed by atoms with Crippen LogP contribution in [0.1, 0.15) is 78.7 Å². The van der Waals surface area contributed by atoms with Crippen molar-refractivity contribution in [2.45, 2.75) is 128 Å². The number of para-hydroxylation sites is 1. The molecule has 0 aromatic heterocycles. The number of nitrogens with zero attached hydrogens (tertiary/aromatic N) is 1. The predicted molar refractivity (Wildman–Crippen MR) is 190 cm³/mol. The summed E-state index contributed by atoms with van der Waals surface area (Å²) in [5.74, 6) is -2.30. The van der Waals surface area contributed by atoms with Gasteiger partial charge in [-0.25, -0.2) is 0 Å². The number of aliphatic hydroxyl groups excluding tert-OH is 1. The van der Waals surface area contributed by atoms with E-state index in [9.17, 15) is 25.1 Å². The van der Waals surface area contributed by atoms with Crippen molar-refractivity contribution >= 4 is 11.7 Å². The summed E-state index contributed by atoms with van der Waals surface area (Å²) in [4.78, 5) is 25.4. The predicted octanol–water partition coefficient (Wildman–Crippen LogP) is 6.07. The average Bonchev–Trinajstić information content (AvgIpc) is 3.44.